The van der Waals surface area contributed by atoms with Crippen LogP contribution >= 0.6 is 11.8 Å². The Morgan fingerprint density at radius 3 is 2.95 bits per heavy atom. The third-order valence-corrected chi connectivity index (χ3v) is 4.73. The van der Waals surface area contributed by atoms with E-state index in [0.717, 1.165) is 17.3 Å². The van der Waals surface area contributed by atoms with Crippen molar-refractivity contribution in [1.82, 2.24) is 4.98 Å². The molecule has 0 aliphatic heterocycles. The molecule has 1 fully saturated rings. The zero-order valence-electron chi connectivity index (χ0n) is 11.5. The van der Waals surface area contributed by atoms with Gasteiger partial charge in [-0.05, 0) is 44.2 Å². The number of aryl methyl sites for hydroxylation is 1. The number of aromatic nitrogens is 1. The van der Waals surface area contributed by atoms with Gasteiger partial charge in [0, 0.05) is 22.1 Å². The lowest BCUT2D eigenvalue weighted by atomic mass is 10.1. The van der Waals surface area contributed by atoms with Gasteiger partial charge in [-0.15, -0.1) is 11.8 Å². The number of thioether (sulfide) groups is 1. The van der Waals surface area contributed by atoms with E-state index >= 15 is 0 Å². The van der Waals surface area contributed by atoms with Gasteiger partial charge in [-0.2, -0.15) is 0 Å². The predicted molar refractivity (Wildman–Crippen MR) is 81.1 cm³/mol. The number of para-hydroxylation sites is 1. The Balaban J connectivity index is 1.99. The van der Waals surface area contributed by atoms with E-state index in [0.29, 0.717) is 6.61 Å². The average Bonchev–Trinajstić information content (AvgIpc) is 3.21. The smallest absolute Gasteiger partial charge is 0.214 e. The predicted octanol–water partition coefficient (Wildman–Crippen LogP) is 4.44. The highest BCUT2D eigenvalue weighted by Gasteiger charge is 2.21. The van der Waals surface area contributed by atoms with Crippen molar-refractivity contribution in [3.05, 3.63) is 29.8 Å². The minimum Gasteiger partial charge on any atom is -0.478 e. The fraction of sp³-hybridized carbons (Fsp3) is 0.438. The lowest BCUT2D eigenvalue weighted by molar-refractivity contribution is 0.328. The summed E-state index contributed by atoms with van der Waals surface area (Å²) in [7, 11) is 0. The summed E-state index contributed by atoms with van der Waals surface area (Å²) in [4.78, 5) is 5.97. The van der Waals surface area contributed by atoms with E-state index in [1.54, 1.807) is 0 Å². The van der Waals surface area contributed by atoms with Crippen molar-refractivity contribution in [2.24, 2.45) is 5.92 Å². The van der Waals surface area contributed by atoms with Gasteiger partial charge in [0.05, 0.1) is 12.1 Å². The summed E-state index contributed by atoms with van der Waals surface area (Å²) in [5.74, 6) is 2.89. The highest BCUT2D eigenvalue weighted by atomic mass is 32.2. The van der Waals surface area contributed by atoms with Crippen molar-refractivity contribution < 1.29 is 4.74 Å². The molecule has 0 amide bonds. The van der Waals surface area contributed by atoms with Gasteiger partial charge < -0.3 is 4.74 Å². The number of ether oxygens (including phenoxy) is 1. The maximum atomic E-state index is 5.57. The first-order valence-electron chi connectivity index (χ1n) is 6.94. The van der Waals surface area contributed by atoms with Gasteiger partial charge in [0.25, 0.3) is 0 Å². The van der Waals surface area contributed by atoms with E-state index in [9.17, 15) is 0 Å². The molecule has 3 rings (SSSR count). The van der Waals surface area contributed by atoms with Gasteiger partial charge in [-0.25, -0.2) is 4.98 Å². The first kappa shape index (κ1) is 12.8. The van der Waals surface area contributed by atoms with Crippen molar-refractivity contribution in [1.29, 1.82) is 0 Å². The Kier molecular flexibility index (Phi) is 3.65. The molecule has 19 heavy (non-hydrogen) atoms. The van der Waals surface area contributed by atoms with Crippen LogP contribution in [0.25, 0.3) is 10.9 Å². The summed E-state index contributed by atoms with van der Waals surface area (Å²) in [6.07, 6.45) is 2.79. The van der Waals surface area contributed by atoms with E-state index in [-0.39, 0.29) is 0 Å². The first-order valence-corrected chi connectivity index (χ1v) is 7.92. The molecule has 2 nitrogen and oxygen atoms in total. The van der Waals surface area contributed by atoms with Crippen LogP contribution in [-0.2, 0) is 0 Å². The molecule has 1 aromatic heterocycles. The topological polar surface area (TPSA) is 22.1 Å². The molecule has 0 saturated heterocycles. The summed E-state index contributed by atoms with van der Waals surface area (Å²) in [6, 6.07) is 8.49. The molecule has 0 spiro atoms. The molecule has 0 atom stereocenters. The second-order valence-electron chi connectivity index (χ2n) is 5.12. The first-order chi connectivity index (χ1) is 9.28. The molecule has 2 aromatic rings. The number of hydrogen-bond acceptors (Lipinski definition) is 3. The van der Waals surface area contributed by atoms with E-state index in [2.05, 4.69) is 30.1 Å². The van der Waals surface area contributed by atoms with Crippen LogP contribution in [-0.4, -0.2) is 17.3 Å². The number of pyridine rings is 1. The van der Waals surface area contributed by atoms with Crippen molar-refractivity contribution in [3.63, 3.8) is 0 Å². The quantitative estimate of drug-likeness (QED) is 0.752. The maximum Gasteiger partial charge on any atom is 0.214 e. The molecule has 1 aromatic carbocycles. The zero-order chi connectivity index (χ0) is 13.2. The normalized spacial score (nSPS) is 14.8. The molecule has 3 heteroatoms. The molecule has 1 aliphatic carbocycles. The number of rotatable bonds is 5. The molecular weight excluding hydrogens is 254 g/mol. The van der Waals surface area contributed by atoms with E-state index in [1.807, 2.05) is 24.8 Å². The minimum absolute atomic E-state index is 0.662. The molecule has 1 saturated carbocycles. The van der Waals surface area contributed by atoms with Crippen LogP contribution in [0.3, 0.4) is 0 Å². The van der Waals surface area contributed by atoms with Crippen molar-refractivity contribution >= 4 is 22.7 Å². The lowest BCUT2D eigenvalue weighted by Gasteiger charge is -2.10. The lowest BCUT2D eigenvalue weighted by Crippen LogP contribution is -1.96. The fourth-order valence-corrected chi connectivity index (χ4v) is 3.41. The zero-order valence-corrected chi connectivity index (χ0v) is 12.3. The molecule has 1 heterocycles. The summed E-state index contributed by atoms with van der Waals surface area (Å²) in [5, 5.41) is 1.24. The van der Waals surface area contributed by atoms with Crippen molar-refractivity contribution in [2.75, 3.05) is 12.4 Å². The fourth-order valence-electron chi connectivity index (χ4n) is 2.19. The third kappa shape index (κ3) is 2.86. The molecule has 0 bridgehead atoms. The number of hydrogen-bond donors (Lipinski definition) is 0. The molecule has 0 unspecified atom stereocenters. The highest BCUT2D eigenvalue weighted by Crippen LogP contribution is 2.37. The van der Waals surface area contributed by atoms with Crippen molar-refractivity contribution in [2.45, 2.75) is 31.6 Å². The summed E-state index contributed by atoms with van der Waals surface area (Å²) in [6.45, 7) is 4.78. The largest absolute Gasteiger partial charge is 0.478 e. The Labute approximate surface area is 118 Å². The average molecular weight is 273 g/mol. The molecule has 0 N–H and O–H groups in total. The van der Waals surface area contributed by atoms with E-state index in [1.165, 1.54) is 34.4 Å². The van der Waals surface area contributed by atoms with Gasteiger partial charge in [-0.3, -0.25) is 0 Å². The molecule has 100 valence electrons. The minimum atomic E-state index is 0.662. The van der Waals surface area contributed by atoms with Gasteiger partial charge in [-0.1, -0.05) is 12.1 Å². The second-order valence-corrected chi connectivity index (χ2v) is 6.18. The molecule has 1 aliphatic rings. The van der Waals surface area contributed by atoms with Crippen LogP contribution in [0.4, 0.5) is 0 Å². The van der Waals surface area contributed by atoms with Crippen LogP contribution in [0.1, 0.15) is 25.3 Å². The van der Waals surface area contributed by atoms with Crippen LogP contribution in [0.2, 0.25) is 0 Å². The van der Waals surface area contributed by atoms with E-state index < -0.39 is 0 Å². The van der Waals surface area contributed by atoms with Crippen LogP contribution in [0, 0.1) is 12.8 Å². The number of nitrogens with zero attached hydrogens (tertiary/aromatic N) is 1. The number of benzene rings is 1. The standard InChI is InChI=1S/C16H19NOS/c1-3-18-15-9-11(2)13-5-4-6-14(16(13)17-15)19-10-12-7-8-12/h4-6,9,12H,3,7-8,10H2,1-2H3. The Morgan fingerprint density at radius 1 is 1.37 bits per heavy atom. The monoisotopic (exact) mass is 273 g/mol. The molecular formula is C16H19NOS. The van der Waals surface area contributed by atoms with Gasteiger partial charge in [0.2, 0.25) is 5.88 Å². The number of fused-ring (bicyclic) bond motifs is 1. The summed E-state index contributed by atoms with van der Waals surface area (Å²) < 4.78 is 5.57. The van der Waals surface area contributed by atoms with Gasteiger partial charge in [0.1, 0.15) is 0 Å². The van der Waals surface area contributed by atoms with Crippen molar-refractivity contribution in [3.8, 4) is 5.88 Å². The Morgan fingerprint density at radius 2 is 2.21 bits per heavy atom. The summed E-state index contributed by atoms with van der Waals surface area (Å²) in [5.41, 5.74) is 2.33. The SMILES string of the molecule is CCOc1cc(C)c2cccc(SCC3CC3)c2n1. The second kappa shape index (κ2) is 5.41. The van der Waals surface area contributed by atoms with Crippen LogP contribution in [0.15, 0.2) is 29.2 Å². The molecule has 0 radical (unpaired) electrons. The van der Waals surface area contributed by atoms with Gasteiger partial charge >= 0.3 is 0 Å². The van der Waals surface area contributed by atoms with Crippen LogP contribution in [0.5, 0.6) is 5.88 Å². The van der Waals surface area contributed by atoms with Gasteiger partial charge in [0.15, 0.2) is 0 Å². The van der Waals surface area contributed by atoms with E-state index in [4.69, 9.17) is 4.74 Å². The third-order valence-electron chi connectivity index (χ3n) is 3.45. The summed E-state index contributed by atoms with van der Waals surface area (Å²) >= 11 is 1.94. The highest BCUT2D eigenvalue weighted by molar-refractivity contribution is 7.99. The Bertz CT molecular complexity index is 593. The maximum absolute atomic E-state index is 5.57. The Hall–Kier alpha value is -1.22. The van der Waals surface area contributed by atoms with Crippen LogP contribution < -0.4 is 4.74 Å².